The van der Waals surface area contributed by atoms with Gasteiger partial charge in [0, 0.05) is 17.4 Å². The van der Waals surface area contributed by atoms with Gasteiger partial charge in [-0.1, -0.05) is 0 Å². The molecule has 0 heterocycles. The molecule has 0 bridgehead atoms. The summed E-state index contributed by atoms with van der Waals surface area (Å²) in [4.78, 5) is 12.0. The number of carbonyl (C=O) groups excluding carboxylic acids is 1. The fourth-order valence-corrected chi connectivity index (χ4v) is 1.68. The minimum Gasteiger partial charge on any atom is -0.494 e. The first kappa shape index (κ1) is 13.8. The molecule has 0 unspecified atom stereocenters. The number of nitrogen functional groups attached to an aromatic ring is 1. The van der Waals surface area contributed by atoms with Gasteiger partial charge >= 0.3 is 0 Å². The molecule has 0 aliphatic heterocycles. The average molecular weight is 278 g/mol. The van der Waals surface area contributed by atoms with Crippen LogP contribution in [0.15, 0.2) is 36.4 Å². The first-order valence-corrected chi connectivity index (χ1v) is 5.71. The lowest BCUT2D eigenvalue weighted by atomic mass is 10.1. The maximum Gasteiger partial charge on any atom is 0.257 e. The third kappa shape index (κ3) is 2.85. The van der Waals surface area contributed by atoms with Crippen LogP contribution in [0.4, 0.5) is 20.2 Å². The molecule has 104 valence electrons. The van der Waals surface area contributed by atoms with Gasteiger partial charge in [-0.05, 0) is 30.3 Å². The molecule has 2 rings (SSSR count). The summed E-state index contributed by atoms with van der Waals surface area (Å²) in [6.45, 7) is 0. The molecule has 4 nitrogen and oxygen atoms in total. The standard InChI is InChI=1S/C14H12F2N2O2/c1-20-13-7-9(3-5-11(13)16)18-14(19)10-4-2-8(15)6-12(10)17/h2-7H,17H2,1H3,(H,18,19). The Morgan fingerprint density at radius 1 is 1.20 bits per heavy atom. The lowest BCUT2D eigenvalue weighted by Gasteiger charge is -2.09. The summed E-state index contributed by atoms with van der Waals surface area (Å²) in [7, 11) is 1.32. The minimum absolute atomic E-state index is 0.00915. The Bertz CT molecular complexity index is 660. The zero-order valence-electron chi connectivity index (χ0n) is 10.6. The molecule has 2 aromatic rings. The largest absolute Gasteiger partial charge is 0.494 e. The van der Waals surface area contributed by atoms with E-state index in [2.05, 4.69) is 5.32 Å². The summed E-state index contributed by atoms with van der Waals surface area (Å²) < 4.78 is 31.0. The smallest absolute Gasteiger partial charge is 0.257 e. The molecule has 0 saturated heterocycles. The van der Waals surface area contributed by atoms with E-state index >= 15 is 0 Å². The van der Waals surface area contributed by atoms with Crippen LogP contribution in [0.2, 0.25) is 0 Å². The molecule has 0 aliphatic carbocycles. The van der Waals surface area contributed by atoms with Crippen molar-refractivity contribution >= 4 is 17.3 Å². The first-order valence-electron chi connectivity index (χ1n) is 5.71. The molecule has 0 aromatic heterocycles. The molecule has 0 aliphatic rings. The Morgan fingerprint density at radius 2 is 1.95 bits per heavy atom. The van der Waals surface area contributed by atoms with Crippen LogP contribution in [0.25, 0.3) is 0 Å². The summed E-state index contributed by atoms with van der Waals surface area (Å²) in [5.41, 5.74) is 6.07. The topological polar surface area (TPSA) is 64.3 Å². The van der Waals surface area contributed by atoms with Crippen molar-refractivity contribution in [2.45, 2.75) is 0 Å². The van der Waals surface area contributed by atoms with Crippen LogP contribution in [0.5, 0.6) is 5.75 Å². The maximum atomic E-state index is 13.2. The van der Waals surface area contributed by atoms with Crippen LogP contribution in [-0.4, -0.2) is 13.0 Å². The molecule has 1 amide bonds. The van der Waals surface area contributed by atoms with Crippen molar-refractivity contribution in [1.82, 2.24) is 0 Å². The monoisotopic (exact) mass is 278 g/mol. The highest BCUT2D eigenvalue weighted by atomic mass is 19.1. The fraction of sp³-hybridized carbons (Fsp3) is 0.0714. The number of rotatable bonds is 3. The van der Waals surface area contributed by atoms with Crippen molar-refractivity contribution in [1.29, 1.82) is 0 Å². The number of halogens is 2. The van der Waals surface area contributed by atoms with E-state index in [1.807, 2.05) is 0 Å². The van der Waals surface area contributed by atoms with Gasteiger partial charge in [0.25, 0.3) is 5.91 Å². The van der Waals surface area contributed by atoms with Crippen molar-refractivity contribution in [2.75, 3.05) is 18.2 Å². The third-order valence-electron chi connectivity index (χ3n) is 2.67. The van der Waals surface area contributed by atoms with Crippen molar-refractivity contribution in [3.63, 3.8) is 0 Å². The van der Waals surface area contributed by atoms with E-state index in [0.29, 0.717) is 5.69 Å². The summed E-state index contributed by atoms with van der Waals surface area (Å²) in [5, 5.41) is 2.53. The summed E-state index contributed by atoms with van der Waals surface area (Å²) >= 11 is 0. The van der Waals surface area contributed by atoms with Crippen LogP contribution in [0, 0.1) is 11.6 Å². The van der Waals surface area contributed by atoms with Gasteiger partial charge in [-0.15, -0.1) is 0 Å². The van der Waals surface area contributed by atoms with Crippen LogP contribution in [0.3, 0.4) is 0 Å². The normalized spacial score (nSPS) is 10.2. The summed E-state index contributed by atoms with van der Waals surface area (Å²) in [5.74, 6) is -1.57. The zero-order valence-corrected chi connectivity index (χ0v) is 10.6. The predicted molar refractivity (Wildman–Crippen MR) is 71.7 cm³/mol. The Kier molecular flexibility index (Phi) is 3.84. The van der Waals surface area contributed by atoms with Crippen molar-refractivity contribution < 1.29 is 18.3 Å². The number of benzene rings is 2. The van der Waals surface area contributed by atoms with Gasteiger partial charge in [0.05, 0.1) is 12.7 Å². The Balaban J connectivity index is 2.23. The first-order chi connectivity index (χ1) is 9.51. The van der Waals surface area contributed by atoms with Crippen LogP contribution >= 0.6 is 0 Å². The highest BCUT2D eigenvalue weighted by molar-refractivity contribution is 6.07. The molecule has 0 saturated carbocycles. The second-order valence-corrected chi connectivity index (χ2v) is 4.04. The van der Waals surface area contributed by atoms with Gasteiger partial charge in [-0.3, -0.25) is 4.79 Å². The van der Waals surface area contributed by atoms with Crippen molar-refractivity contribution in [2.24, 2.45) is 0 Å². The Labute approximate surface area is 114 Å². The number of hydrogen-bond donors (Lipinski definition) is 2. The Morgan fingerprint density at radius 3 is 2.60 bits per heavy atom. The van der Waals surface area contributed by atoms with E-state index < -0.39 is 17.5 Å². The minimum atomic E-state index is -0.535. The lowest BCUT2D eigenvalue weighted by molar-refractivity contribution is 0.102. The highest BCUT2D eigenvalue weighted by Crippen LogP contribution is 2.22. The van der Waals surface area contributed by atoms with Gasteiger partial charge in [0.2, 0.25) is 0 Å². The number of carbonyl (C=O) groups is 1. The third-order valence-corrected chi connectivity index (χ3v) is 2.67. The number of nitrogens with one attached hydrogen (secondary N) is 1. The van der Waals surface area contributed by atoms with E-state index in [1.165, 1.54) is 31.4 Å². The van der Waals surface area contributed by atoms with Gasteiger partial charge < -0.3 is 15.8 Å². The average Bonchev–Trinajstić information content (AvgIpc) is 2.40. The van der Waals surface area contributed by atoms with Crippen molar-refractivity contribution in [3.8, 4) is 5.75 Å². The van der Waals surface area contributed by atoms with E-state index in [0.717, 1.165) is 12.1 Å². The molecule has 20 heavy (non-hydrogen) atoms. The number of ether oxygens (including phenoxy) is 1. The molecule has 0 spiro atoms. The van der Waals surface area contributed by atoms with Crippen LogP contribution in [0.1, 0.15) is 10.4 Å². The number of methoxy groups -OCH3 is 1. The van der Waals surface area contributed by atoms with Gasteiger partial charge in [0.15, 0.2) is 11.6 Å². The molecule has 3 N–H and O–H groups in total. The number of anilines is 2. The highest BCUT2D eigenvalue weighted by Gasteiger charge is 2.12. The Hall–Kier alpha value is -2.63. The maximum absolute atomic E-state index is 13.2. The second-order valence-electron chi connectivity index (χ2n) is 4.04. The number of nitrogens with two attached hydrogens (primary N) is 1. The van der Waals surface area contributed by atoms with E-state index in [1.54, 1.807) is 0 Å². The summed E-state index contributed by atoms with van der Waals surface area (Å²) in [6, 6.07) is 7.36. The molecule has 0 atom stereocenters. The van der Waals surface area contributed by atoms with E-state index in [9.17, 15) is 13.6 Å². The second kappa shape index (κ2) is 5.56. The molecule has 0 fully saturated rings. The van der Waals surface area contributed by atoms with E-state index in [-0.39, 0.29) is 17.0 Å². The molecular formula is C14H12F2N2O2. The number of amides is 1. The predicted octanol–water partition coefficient (Wildman–Crippen LogP) is 2.81. The molecule has 2 aromatic carbocycles. The van der Waals surface area contributed by atoms with Gasteiger partial charge in [-0.25, -0.2) is 8.78 Å². The molecule has 6 heteroatoms. The SMILES string of the molecule is COc1cc(NC(=O)c2ccc(F)cc2N)ccc1F. The van der Waals surface area contributed by atoms with Gasteiger partial charge in [-0.2, -0.15) is 0 Å². The van der Waals surface area contributed by atoms with Gasteiger partial charge in [0.1, 0.15) is 5.82 Å². The van der Waals surface area contributed by atoms with Crippen LogP contribution in [-0.2, 0) is 0 Å². The fourth-order valence-electron chi connectivity index (χ4n) is 1.68. The lowest BCUT2D eigenvalue weighted by Crippen LogP contribution is -2.14. The quantitative estimate of drug-likeness (QED) is 0.848. The summed E-state index contributed by atoms with van der Waals surface area (Å²) in [6.07, 6.45) is 0. The number of hydrogen-bond acceptors (Lipinski definition) is 3. The van der Waals surface area contributed by atoms with Crippen molar-refractivity contribution in [3.05, 3.63) is 53.6 Å². The molecule has 0 radical (unpaired) electrons. The zero-order chi connectivity index (χ0) is 14.7. The van der Waals surface area contributed by atoms with Crippen LogP contribution < -0.4 is 15.8 Å². The van der Waals surface area contributed by atoms with E-state index in [4.69, 9.17) is 10.5 Å². The molecular weight excluding hydrogens is 266 g/mol.